The van der Waals surface area contributed by atoms with Crippen LogP contribution < -0.4 is 5.32 Å². The Morgan fingerprint density at radius 2 is 2.00 bits per heavy atom. The summed E-state index contributed by atoms with van der Waals surface area (Å²) in [6, 6.07) is 0.615. The van der Waals surface area contributed by atoms with Gasteiger partial charge in [0.2, 0.25) is 0 Å². The van der Waals surface area contributed by atoms with E-state index in [2.05, 4.69) is 26.1 Å². The maximum atomic E-state index is 5.80. The Hall–Kier alpha value is -0.0800. The number of likely N-dealkylation sites (N-methyl/N-ethyl adjacent to an activating group) is 1. The third-order valence-electron chi connectivity index (χ3n) is 3.14. The fraction of sp³-hybridized carbons (Fsp3) is 1.00. The summed E-state index contributed by atoms with van der Waals surface area (Å²) in [7, 11) is 0. The van der Waals surface area contributed by atoms with Gasteiger partial charge in [-0.25, -0.2) is 0 Å². The molecule has 2 unspecified atom stereocenters. The van der Waals surface area contributed by atoms with Crippen molar-refractivity contribution in [2.75, 3.05) is 19.8 Å². The molecule has 1 saturated carbocycles. The van der Waals surface area contributed by atoms with E-state index in [1.165, 1.54) is 25.7 Å². The van der Waals surface area contributed by atoms with Gasteiger partial charge in [-0.15, -0.1) is 0 Å². The Morgan fingerprint density at radius 1 is 1.27 bits per heavy atom. The van der Waals surface area contributed by atoms with Gasteiger partial charge >= 0.3 is 0 Å². The van der Waals surface area contributed by atoms with Crippen molar-refractivity contribution in [2.24, 2.45) is 11.8 Å². The lowest BCUT2D eigenvalue weighted by Crippen LogP contribution is -2.35. The summed E-state index contributed by atoms with van der Waals surface area (Å²) in [5.74, 6) is 1.61. The maximum Gasteiger partial charge on any atom is 0.0622 e. The first-order valence-electron chi connectivity index (χ1n) is 6.59. The van der Waals surface area contributed by atoms with Crippen molar-refractivity contribution in [3.63, 3.8) is 0 Å². The van der Waals surface area contributed by atoms with Gasteiger partial charge in [-0.05, 0) is 37.6 Å². The van der Waals surface area contributed by atoms with Crippen LogP contribution in [-0.2, 0) is 4.74 Å². The molecule has 2 atom stereocenters. The van der Waals surface area contributed by atoms with E-state index in [4.69, 9.17) is 4.74 Å². The van der Waals surface area contributed by atoms with Crippen LogP contribution in [0.3, 0.4) is 0 Å². The first-order valence-corrected chi connectivity index (χ1v) is 6.59. The molecule has 1 N–H and O–H groups in total. The molecule has 15 heavy (non-hydrogen) atoms. The van der Waals surface area contributed by atoms with Gasteiger partial charge in [-0.3, -0.25) is 0 Å². The molecule has 1 fully saturated rings. The van der Waals surface area contributed by atoms with Crippen molar-refractivity contribution in [1.82, 2.24) is 5.32 Å². The summed E-state index contributed by atoms with van der Waals surface area (Å²) < 4.78 is 5.80. The second-order valence-corrected chi connectivity index (χ2v) is 4.93. The fourth-order valence-corrected chi connectivity index (χ4v) is 2.09. The summed E-state index contributed by atoms with van der Waals surface area (Å²) in [6.07, 6.45) is 5.34. The molecule has 90 valence electrons. The van der Waals surface area contributed by atoms with Crippen LogP contribution in [0.4, 0.5) is 0 Å². The topological polar surface area (TPSA) is 21.3 Å². The van der Waals surface area contributed by atoms with E-state index in [1.54, 1.807) is 0 Å². The van der Waals surface area contributed by atoms with Crippen LogP contribution in [0.25, 0.3) is 0 Å². The van der Waals surface area contributed by atoms with Crippen LogP contribution in [0.1, 0.15) is 46.5 Å². The second kappa shape index (κ2) is 7.24. The SMILES string of the molecule is CCCC(C)COCC(NCC)C1CC1. The van der Waals surface area contributed by atoms with Crippen molar-refractivity contribution in [3.05, 3.63) is 0 Å². The van der Waals surface area contributed by atoms with Crippen molar-refractivity contribution in [2.45, 2.75) is 52.5 Å². The molecule has 0 aromatic heterocycles. The predicted octanol–water partition coefficient (Wildman–Crippen LogP) is 2.83. The van der Waals surface area contributed by atoms with Gasteiger partial charge in [-0.1, -0.05) is 27.2 Å². The van der Waals surface area contributed by atoms with Crippen molar-refractivity contribution in [3.8, 4) is 0 Å². The van der Waals surface area contributed by atoms with Crippen molar-refractivity contribution < 1.29 is 4.74 Å². The molecule has 0 bridgehead atoms. The number of hydrogen-bond donors (Lipinski definition) is 1. The van der Waals surface area contributed by atoms with E-state index >= 15 is 0 Å². The minimum Gasteiger partial charge on any atom is -0.380 e. The third-order valence-corrected chi connectivity index (χ3v) is 3.14. The van der Waals surface area contributed by atoms with Crippen molar-refractivity contribution in [1.29, 1.82) is 0 Å². The molecule has 1 aliphatic rings. The molecule has 2 heteroatoms. The highest BCUT2D eigenvalue weighted by Gasteiger charge is 2.30. The Balaban J connectivity index is 2.05. The molecule has 1 rings (SSSR count). The van der Waals surface area contributed by atoms with Gasteiger partial charge in [0.05, 0.1) is 6.61 Å². The number of ether oxygens (including phenoxy) is 1. The lowest BCUT2D eigenvalue weighted by atomic mass is 10.1. The van der Waals surface area contributed by atoms with Crippen LogP contribution >= 0.6 is 0 Å². The summed E-state index contributed by atoms with van der Waals surface area (Å²) in [5.41, 5.74) is 0. The fourth-order valence-electron chi connectivity index (χ4n) is 2.09. The number of nitrogens with one attached hydrogen (secondary N) is 1. The summed E-state index contributed by atoms with van der Waals surface area (Å²) in [5, 5.41) is 3.53. The van der Waals surface area contributed by atoms with Gasteiger partial charge in [0.15, 0.2) is 0 Å². The molecule has 2 nitrogen and oxygen atoms in total. The predicted molar refractivity (Wildman–Crippen MR) is 65.1 cm³/mol. The molecule has 0 spiro atoms. The Kier molecular flexibility index (Phi) is 6.26. The van der Waals surface area contributed by atoms with Crippen LogP contribution in [0.15, 0.2) is 0 Å². The highest BCUT2D eigenvalue weighted by atomic mass is 16.5. The summed E-state index contributed by atoms with van der Waals surface area (Å²) in [4.78, 5) is 0. The zero-order valence-corrected chi connectivity index (χ0v) is 10.6. The largest absolute Gasteiger partial charge is 0.380 e. The minimum absolute atomic E-state index is 0.615. The average Bonchev–Trinajstić information content (AvgIpc) is 3.00. The van der Waals surface area contributed by atoms with Crippen LogP contribution in [0.5, 0.6) is 0 Å². The van der Waals surface area contributed by atoms with E-state index in [0.29, 0.717) is 6.04 Å². The highest BCUT2D eigenvalue weighted by Crippen LogP contribution is 2.32. The quantitative estimate of drug-likeness (QED) is 0.636. The lowest BCUT2D eigenvalue weighted by molar-refractivity contribution is 0.0789. The Bertz CT molecular complexity index is 157. The summed E-state index contributed by atoms with van der Waals surface area (Å²) >= 11 is 0. The molecule has 0 radical (unpaired) electrons. The van der Waals surface area contributed by atoms with Gasteiger partial charge in [0.25, 0.3) is 0 Å². The third kappa shape index (κ3) is 5.53. The van der Waals surface area contributed by atoms with E-state index < -0.39 is 0 Å². The zero-order valence-electron chi connectivity index (χ0n) is 10.6. The number of hydrogen-bond acceptors (Lipinski definition) is 2. The normalized spacial score (nSPS) is 20.2. The molecular formula is C13H27NO. The highest BCUT2D eigenvalue weighted by molar-refractivity contribution is 4.85. The Labute approximate surface area is 94.8 Å². The van der Waals surface area contributed by atoms with Crippen LogP contribution in [0, 0.1) is 11.8 Å². The monoisotopic (exact) mass is 213 g/mol. The Morgan fingerprint density at radius 3 is 2.53 bits per heavy atom. The summed E-state index contributed by atoms with van der Waals surface area (Å²) in [6.45, 7) is 9.60. The minimum atomic E-state index is 0.615. The van der Waals surface area contributed by atoms with E-state index in [9.17, 15) is 0 Å². The lowest BCUT2D eigenvalue weighted by Gasteiger charge is -2.18. The molecule has 0 amide bonds. The molecule has 1 aliphatic carbocycles. The molecule has 0 aromatic carbocycles. The van der Waals surface area contributed by atoms with E-state index in [0.717, 1.165) is 31.6 Å². The number of rotatable bonds is 9. The average molecular weight is 213 g/mol. The smallest absolute Gasteiger partial charge is 0.0622 e. The molecule has 0 aromatic rings. The standard InChI is InChI=1S/C13H27NO/c1-4-6-11(3)9-15-10-13(14-5-2)12-7-8-12/h11-14H,4-10H2,1-3H3. The maximum absolute atomic E-state index is 5.80. The van der Waals surface area contributed by atoms with E-state index in [1.807, 2.05) is 0 Å². The van der Waals surface area contributed by atoms with Gasteiger partial charge < -0.3 is 10.1 Å². The molecule has 0 saturated heterocycles. The molecule has 0 aliphatic heterocycles. The first-order chi connectivity index (χ1) is 7.27. The van der Waals surface area contributed by atoms with Crippen molar-refractivity contribution >= 4 is 0 Å². The van der Waals surface area contributed by atoms with Crippen LogP contribution in [-0.4, -0.2) is 25.8 Å². The first kappa shape index (κ1) is 13.0. The zero-order chi connectivity index (χ0) is 11.1. The van der Waals surface area contributed by atoms with Gasteiger partial charge in [0, 0.05) is 12.6 Å². The van der Waals surface area contributed by atoms with Gasteiger partial charge in [-0.2, -0.15) is 0 Å². The molecular weight excluding hydrogens is 186 g/mol. The van der Waals surface area contributed by atoms with Gasteiger partial charge in [0.1, 0.15) is 0 Å². The molecule has 0 heterocycles. The van der Waals surface area contributed by atoms with E-state index in [-0.39, 0.29) is 0 Å². The second-order valence-electron chi connectivity index (χ2n) is 4.93. The van der Waals surface area contributed by atoms with Crippen LogP contribution in [0.2, 0.25) is 0 Å².